The van der Waals surface area contributed by atoms with Crippen molar-refractivity contribution in [1.29, 1.82) is 0 Å². The number of nitrogens with one attached hydrogen (secondary N) is 2. The number of carbonyl (C=O) groups excluding carboxylic acids is 1. The quantitative estimate of drug-likeness (QED) is 0.746. The fourth-order valence-corrected chi connectivity index (χ4v) is 2.91. The number of benzene rings is 2. The Morgan fingerprint density at radius 3 is 2.31 bits per heavy atom. The maximum atomic E-state index is 11.9. The van der Waals surface area contributed by atoms with E-state index in [1.165, 1.54) is 18.5 Å². The summed E-state index contributed by atoms with van der Waals surface area (Å²) in [6, 6.07) is 15.1. The summed E-state index contributed by atoms with van der Waals surface area (Å²) in [6.07, 6.45) is 2.50. The van der Waals surface area contributed by atoms with Crippen LogP contribution in [0.25, 0.3) is 0 Å². The Hall–Kier alpha value is -2.89. The van der Waals surface area contributed by atoms with Gasteiger partial charge in [-0.25, -0.2) is 4.79 Å². The van der Waals surface area contributed by atoms with E-state index in [4.69, 9.17) is 9.47 Å². The molecular weight excluding hydrogens is 330 g/mol. The van der Waals surface area contributed by atoms with Crippen molar-refractivity contribution in [1.82, 2.24) is 5.32 Å². The van der Waals surface area contributed by atoms with E-state index in [1.807, 2.05) is 48.5 Å². The minimum absolute atomic E-state index is 0.239. The number of hydrogen-bond donors (Lipinski definition) is 2. The smallest absolute Gasteiger partial charge is 0.319 e. The number of urea groups is 1. The molecule has 3 rings (SSSR count). The van der Waals surface area contributed by atoms with Crippen molar-refractivity contribution in [2.45, 2.75) is 12.8 Å². The summed E-state index contributed by atoms with van der Waals surface area (Å²) in [7, 11) is 1.62. The van der Waals surface area contributed by atoms with Crippen LogP contribution in [0.2, 0.25) is 0 Å². The molecule has 26 heavy (non-hydrogen) atoms. The third kappa shape index (κ3) is 5.05. The van der Waals surface area contributed by atoms with Gasteiger partial charge in [-0.1, -0.05) is 0 Å². The number of nitrogens with zero attached hydrogens (tertiary/aromatic N) is 1. The van der Waals surface area contributed by atoms with Gasteiger partial charge in [-0.05, 0) is 61.4 Å². The predicted octanol–water partition coefficient (Wildman–Crippen LogP) is 3.50. The monoisotopic (exact) mass is 355 g/mol. The van der Waals surface area contributed by atoms with E-state index in [2.05, 4.69) is 15.5 Å². The molecule has 0 radical (unpaired) electrons. The molecule has 0 spiro atoms. The van der Waals surface area contributed by atoms with Gasteiger partial charge in [0.2, 0.25) is 0 Å². The lowest BCUT2D eigenvalue weighted by atomic mass is 10.2. The number of hydrogen-bond acceptors (Lipinski definition) is 4. The molecule has 1 aliphatic heterocycles. The van der Waals surface area contributed by atoms with Gasteiger partial charge in [0, 0.05) is 24.5 Å². The fourth-order valence-electron chi connectivity index (χ4n) is 2.91. The first-order valence-corrected chi connectivity index (χ1v) is 8.91. The number of amides is 2. The van der Waals surface area contributed by atoms with Crippen LogP contribution in [-0.2, 0) is 0 Å². The van der Waals surface area contributed by atoms with Crippen molar-refractivity contribution in [3.05, 3.63) is 48.5 Å². The van der Waals surface area contributed by atoms with Crippen molar-refractivity contribution in [2.75, 3.05) is 43.6 Å². The van der Waals surface area contributed by atoms with Gasteiger partial charge >= 0.3 is 6.03 Å². The minimum Gasteiger partial charge on any atom is -0.497 e. The molecule has 0 bridgehead atoms. The molecule has 1 heterocycles. The third-order valence-corrected chi connectivity index (χ3v) is 4.31. The summed E-state index contributed by atoms with van der Waals surface area (Å²) in [5.41, 5.74) is 1.99. The summed E-state index contributed by atoms with van der Waals surface area (Å²) < 4.78 is 10.7. The van der Waals surface area contributed by atoms with Crippen LogP contribution < -0.4 is 25.0 Å². The predicted molar refractivity (Wildman–Crippen MR) is 103 cm³/mol. The standard InChI is InChI=1S/C20H25N3O3/c1-25-18-8-10-19(11-9-18)26-15-12-21-20(24)22-16-4-6-17(7-5-16)23-13-2-3-14-23/h4-11H,2-3,12-15H2,1H3,(H2,21,22,24). The molecule has 0 unspecified atom stereocenters. The van der Waals surface area contributed by atoms with E-state index in [0.717, 1.165) is 30.3 Å². The Bertz CT molecular complexity index is 695. The van der Waals surface area contributed by atoms with Crippen LogP contribution in [0.5, 0.6) is 11.5 Å². The van der Waals surface area contributed by atoms with E-state index in [0.29, 0.717) is 13.2 Å². The SMILES string of the molecule is COc1ccc(OCCNC(=O)Nc2ccc(N3CCCC3)cc2)cc1. The van der Waals surface area contributed by atoms with E-state index < -0.39 is 0 Å². The van der Waals surface area contributed by atoms with Gasteiger partial charge < -0.3 is 25.0 Å². The molecule has 1 fully saturated rings. The summed E-state index contributed by atoms with van der Waals surface area (Å²) >= 11 is 0. The topological polar surface area (TPSA) is 62.8 Å². The first-order valence-electron chi connectivity index (χ1n) is 8.91. The highest BCUT2D eigenvalue weighted by Crippen LogP contribution is 2.22. The summed E-state index contributed by atoms with van der Waals surface area (Å²) in [4.78, 5) is 14.3. The lowest BCUT2D eigenvalue weighted by Gasteiger charge is -2.17. The molecule has 0 aromatic heterocycles. The van der Waals surface area contributed by atoms with Gasteiger partial charge in [0.25, 0.3) is 0 Å². The fraction of sp³-hybridized carbons (Fsp3) is 0.350. The van der Waals surface area contributed by atoms with Crippen LogP contribution in [0.3, 0.4) is 0 Å². The second-order valence-electron chi connectivity index (χ2n) is 6.15. The molecule has 138 valence electrons. The molecule has 1 aliphatic rings. The lowest BCUT2D eigenvalue weighted by molar-refractivity contribution is 0.247. The van der Waals surface area contributed by atoms with Crippen LogP contribution in [0.4, 0.5) is 16.2 Å². The van der Waals surface area contributed by atoms with Gasteiger partial charge in [0.05, 0.1) is 13.7 Å². The van der Waals surface area contributed by atoms with Crippen LogP contribution in [0, 0.1) is 0 Å². The molecule has 0 aliphatic carbocycles. The van der Waals surface area contributed by atoms with E-state index in [-0.39, 0.29) is 6.03 Å². The molecule has 2 amide bonds. The van der Waals surface area contributed by atoms with Crippen molar-refractivity contribution in [3.63, 3.8) is 0 Å². The number of anilines is 2. The number of rotatable bonds is 7. The molecule has 1 saturated heterocycles. The zero-order chi connectivity index (χ0) is 18.2. The van der Waals surface area contributed by atoms with Crippen LogP contribution in [-0.4, -0.2) is 39.4 Å². The molecule has 2 aromatic rings. The lowest BCUT2D eigenvalue weighted by Crippen LogP contribution is -2.32. The Kier molecular flexibility index (Phi) is 6.19. The van der Waals surface area contributed by atoms with Gasteiger partial charge in [-0.2, -0.15) is 0 Å². The summed E-state index contributed by atoms with van der Waals surface area (Å²) in [6.45, 7) is 3.04. The Morgan fingerprint density at radius 2 is 1.65 bits per heavy atom. The highest BCUT2D eigenvalue weighted by molar-refractivity contribution is 5.89. The Morgan fingerprint density at radius 1 is 1.00 bits per heavy atom. The molecule has 2 N–H and O–H groups in total. The first kappa shape index (κ1) is 17.9. The van der Waals surface area contributed by atoms with Gasteiger partial charge in [-0.15, -0.1) is 0 Å². The number of ether oxygens (including phenoxy) is 2. The van der Waals surface area contributed by atoms with Crippen LogP contribution in [0.15, 0.2) is 48.5 Å². The van der Waals surface area contributed by atoms with E-state index in [9.17, 15) is 4.79 Å². The van der Waals surface area contributed by atoms with Gasteiger partial charge in [0.1, 0.15) is 18.1 Å². The zero-order valence-corrected chi connectivity index (χ0v) is 15.0. The second kappa shape index (κ2) is 8.99. The summed E-state index contributed by atoms with van der Waals surface area (Å²) in [5.74, 6) is 1.52. The maximum Gasteiger partial charge on any atom is 0.319 e. The van der Waals surface area contributed by atoms with Crippen molar-refractivity contribution < 1.29 is 14.3 Å². The van der Waals surface area contributed by atoms with Crippen molar-refractivity contribution >= 4 is 17.4 Å². The zero-order valence-electron chi connectivity index (χ0n) is 15.0. The molecule has 6 heteroatoms. The van der Waals surface area contributed by atoms with Crippen LogP contribution in [0.1, 0.15) is 12.8 Å². The average molecular weight is 355 g/mol. The van der Waals surface area contributed by atoms with Gasteiger partial charge in [0.15, 0.2) is 0 Å². The minimum atomic E-state index is -0.239. The first-order chi connectivity index (χ1) is 12.7. The number of methoxy groups -OCH3 is 1. The van der Waals surface area contributed by atoms with Crippen LogP contribution >= 0.6 is 0 Å². The highest BCUT2D eigenvalue weighted by atomic mass is 16.5. The van der Waals surface area contributed by atoms with Gasteiger partial charge in [-0.3, -0.25) is 0 Å². The molecule has 2 aromatic carbocycles. The Balaban J connectivity index is 1.36. The molecule has 0 atom stereocenters. The average Bonchev–Trinajstić information content (AvgIpc) is 3.21. The maximum absolute atomic E-state index is 11.9. The molecule has 0 saturated carbocycles. The second-order valence-corrected chi connectivity index (χ2v) is 6.15. The number of carbonyl (C=O) groups is 1. The van der Waals surface area contributed by atoms with E-state index in [1.54, 1.807) is 7.11 Å². The van der Waals surface area contributed by atoms with Crippen molar-refractivity contribution in [3.8, 4) is 11.5 Å². The molecule has 6 nitrogen and oxygen atoms in total. The largest absolute Gasteiger partial charge is 0.497 e. The summed E-state index contributed by atoms with van der Waals surface area (Å²) in [5, 5.41) is 5.62. The van der Waals surface area contributed by atoms with Crippen molar-refractivity contribution in [2.24, 2.45) is 0 Å². The normalized spacial score (nSPS) is 13.3. The van der Waals surface area contributed by atoms with E-state index >= 15 is 0 Å². The molecular formula is C20H25N3O3. The highest BCUT2D eigenvalue weighted by Gasteiger charge is 2.12. The Labute approximate surface area is 154 Å². The third-order valence-electron chi connectivity index (χ3n) is 4.31.